The molecule has 0 N–H and O–H groups in total. The van der Waals surface area contributed by atoms with Gasteiger partial charge in [-0.3, -0.25) is 4.68 Å². The summed E-state index contributed by atoms with van der Waals surface area (Å²) in [5.74, 6) is 0. The molecule has 1 heterocycles. The van der Waals surface area contributed by atoms with Gasteiger partial charge in [0.1, 0.15) is 0 Å². The predicted molar refractivity (Wildman–Crippen MR) is 92.7 cm³/mol. The van der Waals surface area contributed by atoms with Gasteiger partial charge in [-0.25, -0.2) is 0 Å². The maximum absolute atomic E-state index is 4.60. The van der Waals surface area contributed by atoms with Gasteiger partial charge in [0.2, 0.25) is 0 Å². The maximum Gasteiger partial charge on any atom is 0.0767 e. The van der Waals surface area contributed by atoms with Crippen molar-refractivity contribution in [2.24, 2.45) is 7.05 Å². The molecule has 0 saturated carbocycles. The number of nitrogens with zero attached hydrogens (tertiary/aromatic N) is 3. The Morgan fingerprint density at radius 1 is 1.19 bits per heavy atom. The molecule has 1 aromatic heterocycles. The highest BCUT2D eigenvalue weighted by atomic mass is 79.9. The molecule has 0 spiro atoms. The van der Waals surface area contributed by atoms with Gasteiger partial charge in [-0.05, 0) is 40.9 Å². The zero-order valence-corrected chi connectivity index (χ0v) is 14.7. The minimum Gasteiger partial charge on any atom is -0.366 e. The van der Waals surface area contributed by atoms with Crippen LogP contribution in [0.2, 0.25) is 0 Å². The van der Waals surface area contributed by atoms with Gasteiger partial charge in [-0.2, -0.15) is 5.10 Å². The SMILES string of the molecule is CCCCN(Cc1c(Br)c(CC)nn1C)c1ccccc1. The van der Waals surface area contributed by atoms with Crippen LogP contribution in [0, 0.1) is 0 Å². The fourth-order valence-electron chi connectivity index (χ4n) is 2.46. The third-order valence-corrected chi connectivity index (χ3v) is 4.66. The van der Waals surface area contributed by atoms with Crippen molar-refractivity contribution in [1.82, 2.24) is 9.78 Å². The lowest BCUT2D eigenvalue weighted by atomic mass is 10.2. The van der Waals surface area contributed by atoms with Gasteiger partial charge in [0.25, 0.3) is 0 Å². The van der Waals surface area contributed by atoms with Crippen LogP contribution in [0.15, 0.2) is 34.8 Å². The van der Waals surface area contributed by atoms with Crippen molar-refractivity contribution in [3.63, 3.8) is 0 Å². The molecule has 2 aromatic rings. The van der Waals surface area contributed by atoms with E-state index in [-0.39, 0.29) is 0 Å². The average molecular weight is 350 g/mol. The normalized spacial score (nSPS) is 10.9. The molecule has 3 nitrogen and oxygen atoms in total. The van der Waals surface area contributed by atoms with E-state index < -0.39 is 0 Å². The Kier molecular flexibility index (Phi) is 5.85. The molecule has 0 amide bonds. The molecule has 0 atom stereocenters. The average Bonchev–Trinajstić information content (AvgIpc) is 2.79. The van der Waals surface area contributed by atoms with Gasteiger partial charge in [-0.1, -0.05) is 38.5 Å². The summed E-state index contributed by atoms with van der Waals surface area (Å²) in [6.07, 6.45) is 3.36. The number of benzene rings is 1. The second-order valence-corrected chi connectivity index (χ2v) is 6.09. The van der Waals surface area contributed by atoms with Crippen molar-refractivity contribution in [3.8, 4) is 0 Å². The van der Waals surface area contributed by atoms with E-state index in [9.17, 15) is 0 Å². The van der Waals surface area contributed by atoms with Crippen molar-refractivity contribution in [1.29, 1.82) is 0 Å². The standard InChI is InChI=1S/C17H24BrN3/c1-4-6-12-21(14-10-8-7-9-11-14)13-16-17(18)15(5-2)19-20(16)3/h7-11H,4-6,12-13H2,1-3H3. The number of aromatic nitrogens is 2. The molecule has 0 bridgehead atoms. The molecule has 0 saturated heterocycles. The van der Waals surface area contributed by atoms with Crippen molar-refractivity contribution >= 4 is 21.6 Å². The van der Waals surface area contributed by atoms with Gasteiger partial charge >= 0.3 is 0 Å². The van der Waals surface area contributed by atoms with E-state index in [1.54, 1.807) is 0 Å². The molecule has 0 unspecified atom stereocenters. The first-order valence-corrected chi connectivity index (χ1v) is 8.46. The fraction of sp³-hybridized carbons (Fsp3) is 0.471. The number of halogens is 1. The third-order valence-electron chi connectivity index (χ3n) is 3.75. The summed E-state index contributed by atoms with van der Waals surface area (Å²) in [6, 6.07) is 10.6. The number of rotatable bonds is 7. The maximum atomic E-state index is 4.60. The second kappa shape index (κ2) is 7.64. The van der Waals surface area contributed by atoms with Crippen molar-refractivity contribution in [2.75, 3.05) is 11.4 Å². The van der Waals surface area contributed by atoms with Crippen LogP contribution >= 0.6 is 15.9 Å². The van der Waals surface area contributed by atoms with Gasteiger partial charge in [0.15, 0.2) is 0 Å². The van der Waals surface area contributed by atoms with Crippen molar-refractivity contribution in [3.05, 3.63) is 46.2 Å². The molecule has 2 rings (SSSR count). The number of aryl methyl sites for hydroxylation is 2. The lowest BCUT2D eigenvalue weighted by Gasteiger charge is -2.25. The Morgan fingerprint density at radius 2 is 1.90 bits per heavy atom. The molecule has 0 aliphatic rings. The summed E-state index contributed by atoms with van der Waals surface area (Å²) < 4.78 is 3.16. The van der Waals surface area contributed by atoms with Crippen LogP contribution in [0.4, 0.5) is 5.69 Å². The van der Waals surface area contributed by atoms with E-state index in [0.29, 0.717) is 0 Å². The Bertz CT molecular complexity index is 563. The topological polar surface area (TPSA) is 21.1 Å². The van der Waals surface area contributed by atoms with Crippen LogP contribution in [0.25, 0.3) is 0 Å². The van der Waals surface area contributed by atoms with Crippen LogP contribution in [-0.4, -0.2) is 16.3 Å². The monoisotopic (exact) mass is 349 g/mol. The summed E-state index contributed by atoms with van der Waals surface area (Å²) in [5.41, 5.74) is 3.65. The number of unbranched alkanes of at least 4 members (excludes halogenated alkanes) is 1. The van der Waals surface area contributed by atoms with E-state index in [4.69, 9.17) is 0 Å². The van der Waals surface area contributed by atoms with E-state index in [0.717, 1.165) is 29.7 Å². The molecule has 114 valence electrons. The van der Waals surface area contributed by atoms with Gasteiger partial charge in [0.05, 0.1) is 22.4 Å². The third kappa shape index (κ3) is 3.88. The molecular formula is C17H24BrN3. The number of hydrogen-bond donors (Lipinski definition) is 0. The molecule has 21 heavy (non-hydrogen) atoms. The highest BCUT2D eigenvalue weighted by Gasteiger charge is 2.16. The highest BCUT2D eigenvalue weighted by molar-refractivity contribution is 9.10. The summed E-state index contributed by atoms with van der Waals surface area (Å²) in [7, 11) is 2.03. The number of anilines is 1. The van der Waals surface area contributed by atoms with Crippen LogP contribution in [0.3, 0.4) is 0 Å². The Labute approximate surface area is 136 Å². The van der Waals surface area contributed by atoms with E-state index in [1.807, 2.05) is 11.7 Å². The second-order valence-electron chi connectivity index (χ2n) is 5.30. The molecule has 0 aliphatic carbocycles. The minimum atomic E-state index is 0.883. The van der Waals surface area contributed by atoms with E-state index in [2.05, 4.69) is 70.1 Å². The predicted octanol–water partition coefficient (Wildman–Crippen LogP) is 4.55. The molecule has 0 aliphatic heterocycles. The summed E-state index contributed by atoms with van der Waals surface area (Å²) in [4.78, 5) is 2.44. The van der Waals surface area contributed by atoms with Crippen molar-refractivity contribution in [2.45, 2.75) is 39.7 Å². The zero-order valence-electron chi connectivity index (χ0n) is 13.1. The first-order valence-electron chi connectivity index (χ1n) is 7.67. The Balaban J connectivity index is 2.25. The smallest absolute Gasteiger partial charge is 0.0767 e. The molecular weight excluding hydrogens is 326 g/mol. The Hall–Kier alpha value is -1.29. The minimum absolute atomic E-state index is 0.883. The molecule has 0 radical (unpaired) electrons. The molecule has 1 aromatic carbocycles. The first-order chi connectivity index (χ1) is 10.2. The summed E-state index contributed by atoms with van der Waals surface area (Å²) in [6.45, 7) is 6.33. The number of hydrogen-bond acceptors (Lipinski definition) is 2. The highest BCUT2D eigenvalue weighted by Crippen LogP contribution is 2.25. The van der Waals surface area contributed by atoms with Crippen LogP contribution in [-0.2, 0) is 20.0 Å². The number of para-hydroxylation sites is 1. The van der Waals surface area contributed by atoms with Gasteiger partial charge < -0.3 is 4.90 Å². The summed E-state index contributed by atoms with van der Waals surface area (Å²) >= 11 is 3.72. The van der Waals surface area contributed by atoms with Crippen LogP contribution in [0.1, 0.15) is 38.1 Å². The quantitative estimate of drug-likeness (QED) is 0.730. The summed E-state index contributed by atoms with van der Waals surface area (Å²) in [5, 5.41) is 4.60. The fourth-order valence-corrected chi connectivity index (χ4v) is 3.20. The lowest BCUT2D eigenvalue weighted by Crippen LogP contribution is -2.25. The van der Waals surface area contributed by atoms with Gasteiger partial charge in [0, 0.05) is 19.3 Å². The van der Waals surface area contributed by atoms with Crippen molar-refractivity contribution < 1.29 is 0 Å². The van der Waals surface area contributed by atoms with Crippen LogP contribution < -0.4 is 4.90 Å². The first kappa shape index (κ1) is 16.1. The van der Waals surface area contributed by atoms with E-state index >= 15 is 0 Å². The zero-order chi connectivity index (χ0) is 15.2. The lowest BCUT2D eigenvalue weighted by molar-refractivity contribution is 0.654. The van der Waals surface area contributed by atoms with Crippen LogP contribution in [0.5, 0.6) is 0 Å². The molecule has 4 heteroatoms. The Morgan fingerprint density at radius 3 is 2.48 bits per heavy atom. The van der Waals surface area contributed by atoms with E-state index in [1.165, 1.54) is 24.2 Å². The molecule has 0 fully saturated rings. The largest absolute Gasteiger partial charge is 0.366 e. The van der Waals surface area contributed by atoms with Gasteiger partial charge in [-0.15, -0.1) is 0 Å².